The van der Waals surface area contributed by atoms with E-state index in [4.69, 9.17) is 16.3 Å². The molecule has 0 aliphatic heterocycles. The Morgan fingerprint density at radius 1 is 1.33 bits per heavy atom. The van der Waals surface area contributed by atoms with E-state index in [1.165, 1.54) is 12.4 Å². The van der Waals surface area contributed by atoms with Crippen LogP contribution in [0.25, 0.3) is 0 Å². The number of carbonyl (C=O) groups excluding carboxylic acids is 1. The molecule has 0 saturated carbocycles. The van der Waals surface area contributed by atoms with Crippen molar-refractivity contribution in [1.82, 2.24) is 15.3 Å². The van der Waals surface area contributed by atoms with Crippen molar-refractivity contribution in [1.29, 1.82) is 0 Å². The second kappa shape index (κ2) is 7.04. The number of halogens is 1. The van der Waals surface area contributed by atoms with Gasteiger partial charge in [0.2, 0.25) is 0 Å². The third-order valence-corrected chi connectivity index (χ3v) is 3.06. The molecular formula is C15H16ClN3O2. The van der Waals surface area contributed by atoms with E-state index in [2.05, 4.69) is 15.3 Å². The average molecular weight is 306 g/mol. The lowest BCUT2D eigenvalue weighted by molar-refractivity contribution is 0.0934. The van der Waals surface area contributed by atoms with Crippen molar-refractivity contribution >= 4 is 17.5 Å². The first-order valence-electron chi connectivity index (χ1n) is 6.61. The highest BCUT2D eigenvalue weighted by Gasteiger charge is 2.13. The van der Waals surface area contributed by atoms with E-state index < -0.39 is 0 Å². The van der Waals surface area contributed by atoms with Gasteiger partial charge in [0.15, 0.2) is 0 Å². The fourth-order valence-corrected chi connectivity index (χ4v) is 1.97. The Kier molecular flexibility index (Phi) is 5.11. The summed E-state index contributed by atoms with van der Waals surface area (Å²) in [6.07, 6.45) is 2.76. The van der Waals surface area contributed by atoms with Gasteiger partial charge < -0.3 is 10.1 Å². The second-order valence-corrected chi connectivity index (χ2v) is 4.81. The maximum absolute atomic E-state index is 12.1. The molecule has 1 amide bonds. The highest BCUT2D eigenvalue weighted by atomic mass is 35.5. The van der Waals surface area contributed by atoms with Crippen LogP contribution in [0.4, 0.5) is 0 Å². The molecule has 0 bridgehead atoms. The van der Waals surface area contributed by atoms with Crippen molar-refractivity contribution in [3.8, 4) is 5.75 Å². The predicted molar refractivity (Wildman–Crippen MR) is 80.5 cm³/mol. The van der Waals surface area contributed by atoms with Gasteiger partial charge in [-0.15, -0.1) is 0 Å². The lowest BCUT2D eigenvalue weighted by atomic mass is 10.1. The van der Waals surface area contributed by atoms with Gasteiger partial charge >= 0.3 is 0 Å². The Balaban J connectivity index is 2.03. The first-order chi connectivity index (χ1) is 10.1. The molecule has 1 aromatic carbocycles. The molecule has 2 rings (SSSR count). The zero-order chi connectivity index (χ0) is 15.2. The predicted octanol–water partition coefficient (Wildman–Crippen LogP) is 3.02. The third kappa shape index (κ3) is 4.16. The van der Waals surface area contributed by atoms with E-state index in [9.17, 15) is 4.79 Å². The van der Waals surface area contributed by atoms with E-state index in [1.54, 1.807) is 0 Å². The summed E-state index contributed by atoms with van der Waals surface area (Å²) in [4.78, 5) is 19.8. The van der Waals surface area contributed by atoms with Gasteiger partial charge in [0.1, 0.15) is 16.6 Å². The minimum atomic E-state index is -0.314. The molecule has 0 radical (unpaired) electrons. The fourth-order valence-electron chi connectivity index (χ4n) is 1.82. The monoisotopic (exact) mass is 305 g/mol. The van der Waals surface area contributed by atoms with Crippen LogP contribution in [0.5, 0.6) is 5.75 Å². The number of nitrogens with one attached hydrogen (secondary N) is 1. The Morgan fingerprint density at radius 3 is 2.67 bits per heavy atom. The summed E-state index contributed by atoms with van der Waals surface area (Å²) in [7, 11) is 0. The molecule has 5 nitrogen and oxygen atoms in total. The molecule has 110 valence electrons. The summed E-state index contributed by atoms with van der Waals surface area (Å²) in [6.45, 7) is 4.45. The van der Waals surface area contributed by atoms with Crippen LogP contribution in [0.2, 0.25) is 5.15 Å². The van der Waals surface area contributed by atoms with Crippen molar-refractivity contribution in [3.05, 3.63) is 53.1 Å². The van der Waals surface area contributed by atoms with Crippen molar-refractivity contribution in [2.24, 2.45) is 0 Å². The molecule has 0 aliphatic carbocycles. The fraction of sp³-hybridized carbons (Fsp3) is 0.267. The molecule has 0 saturated heterocycles. The molecule has 1 atom stereocenters. The van der Waals surface area contributed by atoms with Crippen LogP contribution in [0.15, 0.2) is 36.7 Å². The highest BCUT2D eigenvalue weighted by molar-refractivity contribution is 6.29. The molecule has 0 spiro atoms. The minimum absolute atomic E-state index is 0.158. The van der Waals surface area contributed by atoms with Crippen molar-refractivity contribution < 1.29 is 9.53 Å². The number of carbonyl (C=O) groups is 1. The van der Waals surface area contributed by atoms with E-state index in [1.807, 2.05) is 38.1 Å². The summed E-state index contributed by atoms with van der Waals surface area (Å²) in [6, 6.07) is 7.43. The van der Waals surface area contributed by atoms with Crippen molar-refractivity contribution in [2.45, 2.75) is 19.9 Å². The van der Waals surface area contributed by atoms with Crippen LogP contribution in [0, 0.1) is 0 Å². The van der Waals surface area contributed by atoms with Gasteiger partial charge in [0.25, 0.3) is 5.91 Å². The molecule has 1 heterocycles. The molecule has 0 fully saturated rings. The van der Waals surface area contributed by atoms with Gasteiger partial charge in [-0.3, -0.25) is 9.78 Å². The summed E-state index contributed by atoms with van der Waals surface area (Å²) in [5.41, 5.74) is 1.17. The number of benzene rings is 1. The lowest BCUT2D eigenvalue weighted by Gasteiger charge is -2.14. The van der Waals surface area contributed by atoms with Crippen molar-refractivity contribution in [3.63, 3.8) is 0 Å². The Labute approximate surface area is 128 Å². The summed E-state index contributed by atoms with van der Waals surface area (Å²) < 4.78 is 5.38. The zero-order valence-corrected chi connectivity index (χ0v) is 12.6. The van der Waals surface area contributed by atoms with E-state index >= 15 is 0 Å². The van der Waals surface area contributed by atoms with Gasteiger partial charge in [-0.05, 0) is 31.5 Å². The first-order valence-corrected chi connectivity index (χ1v) is 6.99. The molecule has 1 aromatic heterocycles. The zero-order valence-electron chi connectivity index (χ0n) is 11.8. The number of hydrogen-bond acceptors (Lipinski definition) is 4. The van der Waals surface area contributed by atoms with Crippen LogP contribution in [-0.2, 0) is 0 Å². The molecule has 2 aromatic rings. The normalized spacial score (nSPS) is 11.8. The van der Waals surface area contributed by atoms with Crippen LogP contribution < -0.4 is 10.1 Å². The van der Waals surface area contributed by atoms with Crippen molar-refractivity contribution in [2.75, 3.05) is 6.61 Å². The van der Waals surface area contributed by atoms with Crippen LogP contribution in [0.1, 0.15) is 35.9 Å². The van der Waals surface area contributed by atoms with E-state index in [0.717, 1.165) is 11.3 Å². The lowest BCUT2D eigenvalue weighted by Crippen LogP contribution is -2.27. The maximum atomic E-state index is 12.1. The van der Waals surface area contributed by atoms with Crippen LogP contribution >= 0.6 is 11.6 Å². The topological polar surface area (TPSA) is 64.1 Å². The number of rotatable bonds is 5. The Bertz CT molecular complexity index is 617. The molecular weight excluding hydrogens is 290 g/mol. The largest absolute Gasteiger partial charge is 0.494 e. The number of nitrogens with zero attached hydrogens (tertiary/aromatic N) is 2. The molecule has 21 heavy (non-hydrogen) atoms. The average Bonchev–Trinajstić information content (AvgIpc) is 2.48. The van der Waals surface area contributed by atoms with E-state index in [-0.39, 0.29) is 22.8 Å². The standard InChI is InChI=1S/C15H16ClN3O2/c1-3-21-12-6-4-11(5-7-12)10(2)18-15(20)13-8-17-9-14(16)19-13/h4-10H,3H2,1-2H3,(H,18,20). The third-order valence-electron chi connectivity index (χ3n) is 2.88. The second-order valence-electron chi connectivity index (χ2n) is 4.42. The van der Waals surface area contributed by atoms with E-state index in [0.29, 0.717) is 6.61 Å². The first kappa shape index (κ1) is 15.3. The summed E-state index contributed by atoms with van der Waals surface area (Å²) in [5.74, 6) is 0.492. The quantitative estimate of drug-likeness (QED) is 0.922. The SMILES string of the molecule is CCOc1ccc(C(C)NC(=O)c2cncc(Cl)n2)cc1. The number of hydrogen-bond donors (Lipinski definition) is 1. The molecule has 1 unspecified atom stereocenters. The van der Waals surface area contributed by atoms with Crippen LogP contribution in [0.3, 0.4) is 0 Å². The smallest absolute Gasteiger partial charge is 0.272 e. The van der Waals surface area contributed by atoms with Gasteiger partial charge in [0.05, 0.1) is 25.0 Å². The Hall–Kier alpha value is -2.14. The highest BCUT2D eigenvalue weighted by Crippen LogP contribution is 2.18. The summed E-state index contributed by atoms with van der Waals surface area (Å²) in [5, 5.41) is 3.04. The number of aromatic nitrogens is 2. The summed E-state index contributed by atoms with van der Waals surface area (Å²) >= 11 is 5.72. The van der Waals surface area contributed by atoms with Crippen LogP contribution in [-0.4, -0.2) is 22.5 Å². The number of amides is 1. The molecule has 1 N–H and O–H groups in total. The van der Waals surface area contributed by atoms with Gasteiger partial charge in [-0.1, -0.05) is 23.7 Å². The molecule has 6 heteroatoms. The Morgan fingerprint density at radius 2 is 2.05 bits per heavy atom. The maximum Gasteiger partial charge on any atom is 0.272 e. The van der Waals surface area contributed by atoms with Gasteiger partial charge in [-0.2, -0.15) is 0 Å². The van der Waals surface area contributed by atoms with Gasteiger partial charge in [0, 0.05) is 0 Å². The number of ether oxygens (including phenoxy) is 1. The molecule has 0 aliphatic rings. The van der Waals surface area contributed by atoms with Gasteiger partial charge in [-0.25, -0.2) is 4.98 Å². The minimum Gasteiger partial charge on any atom is -0.494 e.